The fraction of sp³-hybridized carbons (Fsp3) is 0.571. The lowest BCUT2D eigenvalue weighted by molar-refractivity contribution is -0.121. The van der Waals surface area contributed by atoms with Crippen molar-refractivity contribution in [2.24, 2.45) is 20.0 Å². The number of carbonyl (C=O) groups excluding carboxylic acids is 1. The number of Topliss-reactive ketones (excluding diaryl/α,β-unsaturated/α-hetero) is 1. The van der Waals surface area contributed by atoms with Gasteiger partial charge >= 0.3 is 5.69 Å². The minimum atomic E-state index is -0.344. The Balaban J connectivity index is 2.06. The number of hydrogen-bond acceptors (Lipinski definition) is 4. The maximum absolute atomic E-state index is 12.5. The van der Waals surface area contributed by atoms with Gasteiger partial charge in [0, 0.05) is 33.5 Å². The molecule has 0 atom stereocenters. The van der Waals surface area contributed by atoms with E-state index in [1.54, 1.807) is 18.7 Å². The molecule has 1 fully saturated rings. The lowest BCUT2D eigenvalue weighted by atomic mass is 9.88. The van der Waals surface area contributed by atoms with Crippen molar-refractivity contribution in [1.29, 1.82) is 0 Å². The molecule has 0 amide bonds. The van der Waals surface area contributed by atoms with Crippen LogP contribution in [0.2, 0.25) is 0 Å². The number of ketones is 1. The van der Waals surface area contributed by atoms with Gasteiger partial charge in [-0.05, 0) is 18.8 Å². The molecule has 0 unspecified atom stereocenters. The molecule has 21 heavy (non-hydrogen) atoms. The van der Waals surface area contributed by atoms with Crippen LogP contribution in [0.4, 0.5) is 0 Å². The number of nitrogens with zero attached hydrogens (tertiary/aromatic N) is 4. The van der Waals surface area contributed by atoms with Gasteiger partial charge in [-0.25, -0.2) is 9.78 Å². The molecular weight excluding hydrogens is 272 g/mol. The standard InChI is InChI=1S/C14H18N4O3/c1-16-8-15-12-11(16)13(20)18(14(21)17(12)2)7-9-3-5-10(19)6-4-9/h8-9H,3-7H2,1-2H3. The first kappa shape index (κ1) is 13.8. The third kappa shape index (κ3) is 2.22. The van der Waals surface area contributed by atoms with E-state index in [9.17, 15) is 14.4 Å². The van der Waals surface area contributed by atoms with Crippen LogP contribution < -0.4 is 11.2 Å². The summed E-state index contributed by atoms with van der Waals surface area (Å²) in [5, 5.41) is 0. The van der Waals surface area contributed by atoms with Crippen LogP contribution >= 0.6 is 0 Å². The number of rotatable bonds is 2. The minimum absolute atomic E-state index is 0.207. The SMILES string of the molecule is Cn1cnc2c1c(=O)n(CC1CCC(=O)CC1)c(=O)n2C. The summed E-state index contributed by atoms with van der Waals surface area (Å²) in [4.78, 5) is 40.3. The first-order chi connectivity index (χ1) is 9.99. The summed E-state index contributed by atoms with van der Waals surface area (Å²) in [7, 11) is 3.36. The highest BCUT2D eigenvalue weighted by Gasteiger charge is 2.22. The van der Waals surface area contributed by atoms with E-state index < -0.39 is 0 Å². The molecule has 0 aromatic carbocycles. The zero-order chi connectivity index (χ0) is 15.1. The van der Waals surface area contributed by atoms with E-state index in [1.165, 1.54) is 15.5 Å². The largest absolute Gasteiger partial charge is 0.332 e. The Labute approximate surface area is 120 Å². The molecule has 0 spiro atoms. The zero-order valence-electron chi connectivity index (χ0n) is 12.2. The maximum atomic E-state index is 12.5. The second-order valence-electron chi connectivity index (χ2n) is 5.77. The molecule has 3 rings (SSSR count). The Morgan fingerprint density at radius 3 is 2.52 bits per heavy atom. The van der Waals surface area contributed by atoms with Crippen LogP contribution in [0.25, 0.3) is 11.2 Å². The number of aryl methyl sites for hydroxylation is 2. The quantitative estimate of drug-likeness (QED) is 0.791. The average Bonchev–Trinajstić information content (AvgIpc) is 2.85. The van der Waals surface area contributed by atoms with Crippen molar-refractivity contribution in [3.63, 3.8) is 0 Å². The van der Waals surface area contributed by atoms with E-state index in [1.807, 2.05) is 0 Å². The van der Waals surface area contributed by atoms with Crippen molar-refractivity contribution in [3.8, 4) is 0 Å². The Morgan fingerprint density at radius 1 is 1.19 bits per heavy atom. The van der Waals surface area contributed by atoms with E-state index in [4.69, 9.17) is 0 Å². The summed E-state index contributed by atoms with van der Waals surface area (Å²) in [6, 6.07) is 0. The molecule has 1 aliphatic carbocycles. The van der Waals surface area contributed by atoms with Gasteiger partial charge in [0.1, 0.15) is 5.78 Å². The summed E-state index contributed by atoms with van der Waals surface area (Å²) in [5.74, 6) is 0.479. The number of carbonyl (C=O) groups is 1. The Bertz CT molecular complexity index is 817. The summed E-state index contributed by atoms with van der Waals surface area (Å²) < 4.78 is 4.33. The molecule has 1 saturated carbocycles. The van der Waals surface area contributed by atoms with Crippen LogP contribution in [0.5, 0.6) is 0 Å². The smallest absolute Gasteiger partial charge is 0.328 e. The van der Waals surface area contributed by atoms with E-state index >= 15 is 0 Å². The second-order valence-corrected chi connectivity index (χ2v) is 5.77. The van der Waals surface area contributed by atoms with E-state index in [0.717, 1.165) is 12.8 Å². The monoisotopic (exact) mass is 290 g/mol. The molecule has 1 aliphatic rings. The maximum Gasteiger partial charge on any atom is 0.332 e. The Kier molecular flexibility index (Phi) is 3.27. The van der Waals surface area contributed by atoms with Crippen molar-refractivity contribution >= 4 is 16.9 Å². The summed E-state index contributed by atoms with van der Waals surface area (Å²) in [5.41, 5.74) is 0.194. The van der Waals surface area contributed by atoms with Gasteiger partial charge in [0.15, 0.2) is 11.2 Å². The van der Waals surface area contributed by atoms with Crippen LogP contribution in [0, 0.1) is 5.92 Å². The van der Waals surface area contributed by atoms with Gasteiger partial charge in [-0.1, -0.05) is 0 Å². The average molecular weight is 290 g/mol. The molecule has 2 aromatic rings. The molecule has 7 nitrogen and oxygen atoms in total. The van der Waals surface area contributed by atoms with Gasteiger partial charge in [-0.3, -0.25) is 18.7 Å². The van der Waals surface area contributed by atoms with Crippen molar-refractivity contribution in [2.45, 2.75) is 32.2 Å². The van der Waals surface area contributed by atoms with Crippen LogP contribution in [-0.4, -0.2) is 24.5 Å². The first-order valence-corrected chi connectivity index (χ1v) is 7.11. The van der Waals surface area contributed by atoms with Gasteiger partial charge in [0.2, 0.25) is 0 Å². The Hall–Kier alpha value is -2.18. The normalized spacial score (nSPS) is 16.8. The second kappa shape index (κ2) is 4.98. The third-order valence-electron chi connectivity index (χ3n) is 4.30. The predicted molar refractivity (Wildman–Crippen MR) is 77.2 cm³/mol. The summed E-state index contributed by atoms with van der Waals surface area (Å²) in [6.45, 7) is 0.375. The molecule has 0 radical (unpaired) electrons. The lowest BCUT2D eigenvalue weighted by Gasteiger charge is -2.21. The molecule has 0 saturated heterocycles. The number of hydrogen-bond donors (Lipinski definition) is 0. The highest BCUT2D eigenvalue weighted by Crippen LogP contribution is 2.22. The summed E-state index contributed by atoms with van der Waals surface area (Å²) >= 11 is 0. The molecular formula is C14H18N4O3. The fourth-order valence-corrected chi connectivity index (χ4v) is 3.00. The Morgan fingerprint density at radius 2 is 1.86 bits per heavy atom. The minimum Gasteiger partial charge on any atom is -0.328 e. The third-order valence-corrected chi connectivity index (χ3v) is 4.30. The highest BCUT2D eigenvalue weighted by molar-refractivity contribution is 5.79. The van der Waals surface area contributed by atoms with Crippen LogP contribution in [0.1, 0.15) is 25.7 Å². The van der Waals surface area contributed by atoms with Crippen molar-refractivity contribution in [3.05, 3.63) is 27.2 Å². The topological polar surface area (TPSA) is 78.9 Å². The number of aromatic nitrogens is 4. The van der Waals surface area contributed by atoms with Gasteiger partial charge < -0.3 is 4.57 Å². The number of fused-ring (bicyclic) bond motifs is 1. The van der Waals surface area contributed by atoms with Gasteiger partial charge in [-0.2, -0.15) is 0 Å². The van der Waals surface area contributed by atoms with Gasteiger partial charge in [0.25, 0.3) is 5.56 Å². The molecule has 2 heterocycles. The number of imidazole rings is 1. The molecule has 112 valence electrons. The predicted octanol–water partition coefficient (Wildman–Crippen LogP) is 0.193. The van der Waals surface area contributed by atoms with E-state index in [0.29, 0.717) is 30.6 Å². The van der Waals surface area contributed by atoms with Crippen molar-refractivity contribution in [2.75, 3.05) is 0 Å². The molecule has 0 aliphatic heterocycles. The summed E-state index contributed by atoms with van der Waals surface area (Å²) in [6.07, 6.45) is 4.13. The highest BCUT2D eigenvalue weighted by atomic mass is 16.2. The lowest BCUT2D eigenvalue weighted by Crippen LogP contribution is -2.41. The van der Waals surface area contributed by atoms with E-state index in [-0.39, 0.29) is 23.0 Å². The van der Waals surface area contributed by atoms with Crippen LogP contribution in [-0.2, 0) is 25.4 Å². The van der Waals surface area contributed by atoms with Crippen LogP contribution in [0.3, 0.4) is 0 Å². The first-order valence-electron chi connectivity index (χ1n) is 7.11. The van der Waals surface area contributed by atoms with Gasteiger partial charge in [-0.15, -0.1) is 0 Å². The van der Waals surface area contributed by atoms with Crippen LogP contribution in [0.15, 0.2) is 15.9 Å². The van der Waals surface area contributed by atoms with E-state index in [2.05, 4.69) is 4.98 Å². The molecule has 2 aromatic heterocycles. The van der Waals surface area contributed by atoms with Gasteiger partial charge in [0.05, 0.1) is 6.33 Å². The van der Waals surface area contributed by atoms with Crippen molar-refractivity contribution in [1.82, 2.24) is 18.7 Å². The zero-order valence-corrected chi connectivity index (χ0v) is 12.2. The molecule has 0 bridgehead atoms. The molecule has 7 heteroatoms. The van der Waals surface area contributed by atoms with Crippen molar-refractivity contribution < 1.29 is 4.79 Å². The molecule has 0 N–H and O–H groups in total. The fourth-order valence-electron chi connectivity index (χ4n) is 3.00.